The highest BCUT2D eigenvalue weighted by atomic mass is 32.1. The first kappa shape index (κ1) is 17.5. The summed E-state index contributed by atoms with van der Waals surface area (Å²) in [5.41, 5.74) is 10.7. The van der Waals surface area contributed by atoms with Crippen LogP contribution < -0.4 is 15.8 Å². The van der Waals surface area contributed by atoms with Crippen molar-refractivity contribution in [2.75, 3.05) is 18.2 Å². The molecular formula is C20H18N4OS2. The van der Waals surface area contributed by atoms with Crippen molar-refractivity contribution < 1.29 is 4.74 Å². The number of thiazole rings is 2. The first-order chi connectivity index (χ1) is 13.1. The van der Waals surface area contributed by atoms with Crippen molar-refractivity contribution in [3.8, 4) is 27.4 Å². The molecule has 0 amide bonds. The molecule has 4 aromatic rings. The fraction of sp³-hybridized carbons (Fsp3) is 0.100. The molecule has 27 heavy (non-hydrogen) atoms. The van der Waals surface area contributed by atoms with Gasteiger partial charge in [-0.1, -0.05) is 47.7 Å². The third kappa shape index (κ3) is 3.65. The van der Waals surface area contributed by atoms with E-state index in [1.165, 1.54) is 22.7 Å². The zero-order valence-corrected chi connectivity index (χ0v) is 16.5. The lowest BCUT2D eigenvalue weighted by molar-refractivity contribution is 0.417. The molecule has 0 spiro atoms. The number of aromatic nitrogens is 2. The van der Waals surface area contributed by atoms with Crippen molar-refractivity contribution in [3.63, 3.8) is 0 Å². The summed E-state index contributed by atoms with van der Waals surface area (Å²) >= 11 is 2.99. The molecule has 2 aromatic heterocycles. The summed E-state index contributed by atoms with van der Waals surface area (Å²) in [4.78, 5) is 9.97. The molecule has 5 nitrogen and oxygen atoms in total. The van der Waals surface area contributed by atoms with Crippen LogP contribution >= 0.6 is 22.7 Å². The van der Waals surface area contributed by atoms with Crippen LogP contribution in [-0.4, -0.2) is 17.1 Å². The van der Waals surface area contributed by atoms with E-state index in [9.17, 15) is 0 Å². The molecule has 0 aliphatic rings. The highest BCUT2D eigenvalue weighted by Crippen LogP contribution is 2.37. The van der Waals surface area contributed by atoms with Gasteiger partial charge in [0.15, 0.2) is 10.3 Å². The lowest BCUT2D eigenvalue weighted by Gasteiger charge is -2.11. The average molecular weight is 395 g/mol. The van der Waals surface area contributed by atoms with E-state index in [4.69, 9.17) is 15.5 Å². The van der Waals surface area contributed by atoms with Crippen LogP contribution in [-0.2, 0) is 0 Å². The Bertz CT molecular complexity index is 1070. The van der Waals surface area contributed by atoms with Crippen molar-refractivity contribution in [1.29, 1.82) is 0 Å². The molecule has 0 aliphatic carbocycles. The van der Waals surface area contributed by atoms with Gasteiger partial charge in [-0.3, -0.25) is 0 Å². The summed E-state index contributed by atoms with van der Waals surface area (Å²) in [6.45, 7) is 1.95. The van der Waals surface area contributed by atoms with E-state index >= 15 is 0 Å². The van der Waals surface area contributed by atoms with E-state index in [1.54, 1.807) is 7.11 Å². The number of hydrogen-bond donors (Lipinski definition) is 2. The molecule has 2 aromatic carbocycles. The minimum Gasteiger partial charge on any atom is -0.495 e. The van der Waals surface area contributed by atoms with Crippen molar-refractivity contribution >= 4 is 38.6 Å². The smallest absolute Gasteiger partial charge is 0.187 e. The maximum atomic E-state index is 5.81. The summed E-state index contributed by atoms with van der Waals surface area (Å²) in [7, 11) is 1.67. The van der Waals surface area contributed by atoms with Gasteiger partial charge in [0.1, 0.15) is 5.75 Å². The monoisotopic (exact) mass is 394 g/mol. The van der Waals surface area contributed by atoms with E-state index in [-0.39, 0.29) is 0 Å². The Hall–Kier alpha value is -2.90. The number of benzene rings is 2. The Morgan fingerprint density at radius 3 is 2.56 bits per heavy atom. The summed E-state index contributed by atoms with van der Waals surface area (Å²) in [6, 6.07) is 16.3. The van der Waals surface area contributed by atoms with E-state index in [0.29, 0.717) is 5.13 Å². The van der Waals surface area contributed by atoms with Crippen LogP contribution in [0.15, 0.2) is 53.9 Å². The van der Waals surface area contributed by atoms with Crippen LogP contribution in [0.25, 0.3) is 21.7 Å². The standard InChI is InChI=1S/C20H18N4OS2/c1-12-18(27-19(21)22-12)16-11-26-20(24-16)23-15-10-14(8-9-17(15)25-2)13-6-4-3-5-7-13/h3-11H,1-2H3,(H2,21,22)(H,23,24). The Morgan fingerprint density at radius 2 is 1.85 bits per heavy atom. The predicted octanol–water partition coefficient (Wildman–Crippen LogP) is 5.58. The molecule has 0 fully saturated rings. The van der Waals surface area contributed by atoms with Gasteiger partial charge >= 0.3 is 0 Å². The van der Waals surface area contributed by atoms with Crippen molar-refractivity contribution in [2.45, 2.75) is 6.92 Å². The van der Waals surface area contributed by atoms with Crippen molar-refractivity contribution in [3.05, 3.63) is 59.6 Å². The highest BCUT2D eigenvalue weighted by molar-refractivity contribution is 7.19. The van der Waals surface area contributed by atoms with Gasteiger partial charge in [0.05, 0.1) is 29.1 Å². The number of nitrogen functional groups attached to an aromatic ring is 1. The van der Waals surface area contributed by atoms with Crippen LogP contribution in [0.1, 0.15) is 5.69 Å². The lowest BCUT2D eigenvalue weighted by Crippen LogP contribution is -1.95. The van der Waals surface area contributed by atoms with Crippen LogP contribution in [0.2, 0.25) is 0 Å². The number of ether oxygens (including phenoxy) is 1. The number of nitrogens with two attached hydrogens (primary N) is 1. The van der Waals surface area contributed by atoms with Gasteiger partial charge in [0.25, 0.3) is 0 Å². The van der Waals surface area contributed by atoms with Gasteiger partial charge in [-0.15, -0.1) is 11.3 Å². The number of nitrogens with one attached hydrogen (secondary N) is 1. The fourth-order valence-corrected chi connectivity index (χ4v) is 4.40. The summed E-state index contributed by atoms with van der Waals surface area (Å²) in [5, 5.41) is 6.74. The van der Waals surface area contributed by atoms with Gasteiger partial charge < -0.3 is 15.8 Å². The Morgan fingerprint density at radius 1 is 1.04 bits per heavy atom. The van der Waals surface area contributed by atoms with Gasteiger partial charge in [0, 0.05) is 5.38 Å². The van der Waals surface area contributed by atoms with Gasteiger partial charge in [-0.25, -0.2) is 9.97 Å². The quantitative estimate of drug-likeness (QED) is 0.462. The SMILES string of the molecule is COc1ccc(-c2ccccc2)cc1Nc1nc(-c2sc(N)nc2C)cs1. The van der Waals surface area contributed by atoms with Crippen molar-refractivity contribution in [1.82, 2.24) is 9.97 Å². The molecule has 0 saturated carbocycles. The molecule has 3 N–H and O–H groups in total. The van der Waals surface area contributed by atoms with Crippen molar-refractivity contribution in [2.24, 2.45) is 0 Å². The van der Waals surface area contributed by atoms with E-state index in [1.807, 2.05) is 36.6 Å². The van der Waals surface area contributed by atoms with Gasteiger partial charge in [0.2, 0.25) is 0 Å². The van der Waals surface area contributed by atoms with E-state index < -0.39 is 0 Å². The molecule has 0 saturated heterocycles. The number of aryl methyl sites for hydroxylation is 1. The topological polar surface area (TPSA) is 73.1 Å². The summed E-state index contributed by atoms with van der Waals surface area (Å²) in [6.07, 6.45) is 0. The minimum atomic E-state index is 0.558. The van der Waals surface area contributed by atoms with Gasteiger partial charge in [-0.05, 0) is 30.2 Å². The number of nitrogens with zero attached hydrogens (tertiary/aromatic N) is 2. The third-order valence-corrected chi connectivity index (χ3v) is 5.86. The molecule has 0 aliphatic heterocycles. The molecule has 0 atom stereocenters. The molecule has 2 heterocycles. The van der Waals surface area contributed by atoms with Crippen LogP contribution in [0.5, 0.6) is 5.75 Å². The molecule has 136 valence electrons. The zero-order chi connectivity index (χ0) is 18.8. The molecule has 0 radical (unpaired) electrons. The number of methoxy groups -OCH3 is 1. The number of rotatable bonds is 5. The van der Waals surface area contributed by atoms with E-state index in [2.05, 4.69) is 34.6 Å². The number of anilines is 3. The first-order valence-corrected chi connectivity index (χ1v) is 10.0. The second-order valence-electron chi connectivity index (χ2n) is 5.91. The van der Waals surface area contributed by atoms with Gasteiger partial charge in [-0.2, -0.15) is 0 Å². The lowest BCUT2D eigenvalue weighted by atomic mass is 10.0. The zero-order valence-electron chi connectivity index (χ0n) is 14.9. The number of hydrogen-bond acceptors (Lipinski definition) is 7. The molecule has 0 bridgehead atoms. The highest BCUT2D eigenvalue weighted by Gasteiger charge is 2.13. The third-order valence-electron chi connectivity index (χ3n) is 4.10. The van der Waals surface area contributed by atoms with Crippen LogP contribution in [0, 0.1) is 6.92 Å². The fourth-order valence-electron chi connectivity index (χ4n) is 2.82. The summed E-state index contributed by atoms with van der Waals surface area (Å²) < 4.78 is 5.51. The molecule has 0 unspecified atom stereocenters. The molecule has 7 heteroatoms. The van der Waals surface area contributed by atoms with Crippen LogP contribution in [0.3, 0.4) is 0 Å². The Labute approximate surface area is 165 Å². The Kier molecular flexibility index (Phi) is 4.79. The normalized spacial score (nSPS) is 10.7. The minimum absolute atomic E-state index is 0.558. The summed E-state index contributed by atoms with van der Waals surface area (Å²) in [5.74, 6) is 0.768. The van der Waals surface area contributed by atoms with Crippen LogP contribution in [0.4, 0.5) is 16.0 Å². The predicted molar refractivity (Wildman–Crippen MR) is 114 cm³/mol. The maximum absolute atomic E-state index is 5.81. The largest absolute Gasteiger partial charge is 0.495 e. The second-order valence-corrected chi connectivity index (χ2v) is 7.80. The van der Waals surface area contributed by atoms with E-state index in [0.717, 1.165) is 44.0 Å². The maximum Gasteiger partial charge on any atom is 0.187 e. The Balaban J connectivity index is 1.65. The molecule has 4 rings (SSSR count). The second kappa shape index (κ2) is 7.38. The molecular weight excluding hydrogens is 376 g/mol. The first-order valence-electron chi connectivity index (χ1n) is 8.33. The average Bonchev–Trinajstić information content (AvgIpc) is 3.28.